The van der Waals surface area contributed by atoms with Crippen LogP contribution in [-0.4, -0.2) is 35.8 Å². The number of nitrogens with one attached hydrogen (secondary N) is 2. The Morgan fingerprint density at radius 1 is 1.30 bits per heavy atom. The van der Waals surface area contributed by atoms with Gasteiger partial charge in [-0.15, -0.1) is 12.4 Å². The predicted molar refractivity (Wildman–Crippen MR) is 81.5 cm³/mol. The summed E-state index contributed by atoms with van der Waals surface area (Å²) in [5, 5.41) is 9.97. The van der Waals surface area contributed by atoms with E-state index < -0.39 is 0 Å². The molecule has 0 aliphatic carbocycles. The summed E-state index contributed by atoms with van der Waals surface area (Å²) in [6.45, 7) is 0.976. The number of aromatic nitrogens is 2. The van der Waals surface area contributed by atoms with Crippen LogP contribution in [0.2, 0.25) is 0 Å². The summed E-state index contributed by atoms with van der Waals surface area (Å²) in [6, 6.07) is 9.95. The van der Waals surface area contributed by atoms with E-state index in [1.54, 1.807) is 7.05 Å². The van der Waals surface area contributed by atoms with Crippen LogP contribution in [-0.2, 0) is 11.2 Å². The second-order valence-electron chi connectivity index (χ2n) is 4.26. The van der Waals surface area contributed by atoms with Gasteiger partial charge in [0.25, 0.3) is 0 Å². The van der Waals surface area contributed by atoms with E-state index in [2.05, 4.69) is 15.7 Å². The van der Waals surface area contributed by atoms with Gasteiger partial charge in [0.05, 0.1) is 18.4 Å². The Balaban J connectivity index is 0.00000200. The van der Waals surface area contributed by atoms with Crippen LogP contribution >= 0.6 is 12.4 Å². The summed E-state index contributed by atoms with van der Waals surface area (Å²) in [5.41, 5.74) is 2.14. The Labute approximate surface area is 124 Å². The van der Waals surface area contributed by atoms with Gasteiger partial charge in [0.1, 0.15) is 0 Å². The van der Waals surface area contributed by atoms with Gasteiger partial charge in [0, 0.05) is 12.7 Å². The molecule has 0 saturated carbocycles. The molecule has 20 heavy (non-hydrogen) atoms. The molecule has 2 aromatic rings. The number of benzene rings is 1. The van der Waals surface area contributed by atoms with Crippen molar-refractivity contribution in [3.8, 4) is 5.69 Å². The molecular weight excluding hydrogens is 276 g/mol. The molecule has 6 heteroatoms. The van der Waals surface area contributed by atoms with Crippen molar-refractivity contribution in [2.24, 2.45) is 0 Å². The van der Waals surface area contributed by atoms with E-state index in [-0.39, 0.29) is 18.3 Å². The lowest BCUT2D eigenvalue weighted by molar-refractivity contribution is -0.120. The lowest BCUT2D eigenvalue weighted by Crippen LogP contribution is -2.33. The van der Waals surface area contributed by atoms with Gasteiger partial charge < -0.3 is 10.6 Å². The van der Waals surface area contributed by atoms with Crippen molar-refractivity contribution in [1.29, 1.82) is 0 Å². The molecule has 0 bridgehead atoms. The lowest BCUT2D eigenvalue weighted by Gasteiger charge is -2.03. The molecule has 5 nitrogen and oxygen atoms in total. The lowest BCUT2D eigenvalue weighted by atomic mass is 10.2. The molecule has 0 atom stereocenters. The van der Waals surface area contributed by atoms with Crippen LogP contribution < -0.4 is 10.6 Å². The van der Waals surface area contributed by atoms with Crippen LogP contribution in [0.25, 0.3) is 5.69 Å². The second kappa shape index (κ2) is 8.35. The standard InChI is InChI=1S/C14H18N4O.ClH/c1-15-10-14(19)16-8-7-12-9-17-18(11-12)13-5-3-2-4-6-13;/h2-6,9,11,15H,7-8,10H2,1H3,(H,16,19);1H. The van der Waals surface area contributed by atoms with E-state index in [1.165, 1.54) is 0 Å². The number of hydrogen-bond donors (Lipinski definition) is 2. The molecule has 0 saturated heterocycles. The molecule has 2 rings (SSSR count). The quantitative estimate of drug-likeness (QED) is 0.841. The zero-order valence-corrected chi connectivity index (χ0v) is 12.2. The van der Waals surface area contributed by atoms with Crippen LogP contribution in [0.3, 0.4) is 0 Å². The molecule has 0 radical (unpaired) electrons. The summed E-state index contributed by atoms with van der Waals surface area (Å²) in [7, 11) is 1.75. The van der Waals surface area contributed by atoms with Gasteiger partial charge in [-0.2, -0.15) is 5.10 Å². The van der Waals surface area contributed by atoms with Crippen LogP contribution in [0, 0.1) is 0 Å². The minimum Gasteiger partial charge on any atom is -0.355 e. The fourth-order valence-corrected chi connectivity index (χ4v) is 1.78. The van der Waals surface area contributed by atoms with E-state index >= 15 is 0 Å². The van der Waals surface area contributed by atoms with Gasteiger partial charge in [-0.3, -0.25) is 4.79 Å². The predicted octanol–water partition coefficient (Wildman–Crippen LogP) is 1.17. The monoisotopic (exact) mass is 294 g/mol. The van der Waals surface area contributed by atoms with Crippen molar-refractivity contribution < 1.29 is 4.79 Å². The number of likely N-dealkylation sites (N-methyl/N-ethyl adjacent to an activating group) is 1. The van der Waals surface area contributed by atoms with Gasteiger partial charge >= 0.3 is 0 Å². The molecule has 1 aromatic heterocycles. The number of rotatable bonds is 6. The molecule has 1 heterocycles. The van der Waals surface area contributed by atoms with Crippen molar-refractivity contribution in [2.45, 2.75) is 6.42 Å². The largest absolute Gasteiger partial charge is 0.355 e. The highest BCUT2D eigenvalue weighted by Crippen LogP contribution is 2.07. The number of nitrogens with zero attached hydrogens (tertiary/aromatic N) is 2. The molecule has 0 fully saturated rings. The molecule has 0 aliphatic rings. The summed E-state index contributed by atoms with van der Waals surface area (Å²) in [6.07, 6.45) is 4.60. The highest BCUT2D eigenvalue weighted by atomic mass is 35.5. The van der Waals surface area contributed by atoms with Crippen molar-refractivity contribution in [1.82, 2.24) is 20.4 Å². The summed E-state index contributed by atoms with van der Waals surface area (Å²) >= 11 is 0. The minimum absolute atomic E-state index is 0. The zero-order chi connectivity index (χ0) is 13.5. The number of carbonyl (C=O) groups is 1. The molecular formula is C14H19ClN4O. The summed E-state index contributed by atoms with van der Waals surface area (Å²) in [4.78, 5) is 11.3. The maximum Gasteiger partial charge on any atom is 0.233 e. The Hall–Kier alpha value is -1.85. The van der Waals surface area contributed by atoms with E-state index in [1.807, 2.05) is 47.4 Å². The van der Waals surface area contributed by atoms with Gasteiger partial charge in [0.15, 0.2) is 0 Å². The first-order valence-corrected chi connectivity index (χ1v) is 6.30. The first kappa shape index (κ1) is 16.2. The molecule has 0 spiro atoms. The highest BCUT2D eigenvalue weighted by molar-refractivity contribution is 5.85. The Bertz CT molecular complexity index is 527. The SMILES string of the molecule is CNCC(=O)NCCc1cnn(-c2ccccc2)c1.Cl. The molecule has 0 aliphatic heterocycles. The number of halogens is 1. The summed E-state index contributed by atoms with van der Waals surface area (Å²) in [5.74, 6) is 0.0120. The molecule has 1 amide bonds. The maximum atomic E-state index is 11.3. The number of hydrogen-bond acceptors (Lipinski definition) is 3. The topological polar surface area (TPSA) is 59.0 Å². The zero-order valence-electron chi connectivity index (χ0n) is 11.4. The first-order chi connectivity index (χ1) is 9.29. The van der Waals surface area contributed by atoms with Crippen molar-refractivity contribution in [3.63, 3.8) is 0 Å². The van der Waals surface area contributed by atoms with E-state index in [4.69, 9.17) is 0 Å². The summed E-state index contributed by atoms with van der Waals surface area (Å²) < 4.78 is 1.84. The van der Waals surface area contributed by atoms with Gasteiger partial charge in [-0.25, -0.2) is 4.68 Å². The van der Waals surface area contributed by atoms with Crippen LogP contribution in [0.5, 0.6) is 0 Å². The molecule has 2 N–H and O–H groups in total. The molecule has 108 valence electrons. The van der Waals surface area contributed by atoms with Crippen molar-refractivity contribution in [3.05, 3.63) is 48.3 Å². The van der Waals surface area contributed by atoms with E-state index in [0.717, 1.165) is 17.7 Å². The van der Waals surface area contributed by atoms with Crippen LogP contribution in [0.1, 0.15) is 5.56 Å². The Morgan fingerprint density at radius 3 is 2.75 bits per heavy atom. The molecule has 1 aromatic carbocycles. The van der Waals surface area contributed by atoms with Gasteiger partial charge in [-0.1, -0.05) is 18.2 Å². The van der Waals surface area contributed by atoms with Crippen LogP contribution in [0.4, 0.5) is 0 Å². The smallest absolute Gasteiger partial charge is 0.233 e. The third kappa shape index (κ3) is 4.68. The highest BCUT2D eigenvalue weighted by Gasteiger charge is 2.02. The Kier molecular flexibility index (Phi) is 6.76. The van der Waals surface area contributed by atoms with Crippen molar-refractivity contribution in [2.75, 3.05) is 20.1 Å². The minimum atomic E-state index is 0. The van der Waals surface area contributed by atoms with E-state index in [0.29, 0.717) is 13.1 Å². The van der Waals surface area contributed by atoms with Crippen molar-refractivity contribution >= 4 is 18.3 Å². The third-order valence-corrected chi connectivity index (χ3v) is 2.73. The molecule has 0 unspecified atom stereocenters. The number of para-hydroxylation sites is 1. The third-order valence-electron chi connectivity index (χ3n) is 2.73. The average Bonchev–Trinajstić information content (AvgIpc) is 2.89. The fraction of sp³-hybridized carbons (Fsp3) is 0.286. The Morgan fingerprint density at radius 2 is 2.05 bits per heavy atom. The number of carbonyl (C=O) groups excluding carboxylic acids is 1. The first-order valence-electron chi connectivity index (χ1n) is 6.30. The maximum absolute atomic E-state index is 11.3. The normalized spacial score (nSPS) is 9.85. The average molecular weight is 295 g/mol. The van der Waals surface area contributed by atoms with E-state index in [9.17, 15) is 4.79 Å². The second-order valence-corrected chi connectivity index (χ2v) is 4.26. The van der Waals surface area contributed by atoms with Gasteiger partial charge in [-0.05, 0) is 31.2 Å². The number of amides is 1. The fourth-order valence-electron chi connectivity index (χ4n) is 1.78. The van der Waals surface area contributed by atoms with Crippen LogP contribution in [0.15, 0.2) is 42.7 Å². The van der Waals surface area contributed by atoms with Gasteiger partial charge in [0.2, 0.25) is 5.91 Å².